The van der Waals surface area contributed by atoms with Crippen LogP contribution in [0.5, 0.6) is 0 Å². The Hall–Kier alpha value is -2.17. The number of aliphatic hydroxyl groups excluding tert-OH is 1. The molecular weight excluding hydrogens is 338 g/mol. The van der Waals surface area contributed by atoms with Gasteiger partial charge >= 0.3 is 5.97 Å². The number of esters is 1. The molecule has 0 spiro atoms. The van der Waals surface area contributed by atoms with Crippen LogP contribution in [0.1, 0.15) is 51.8 Å². The topological polar surface area (TPSA) is 49.8 Å². The van der Waals surface area contributed by atoms with E-state index in [4.69, 9.17) is 4.74 Å². The van der Waals surface area contributed by atoms with Crippen LogP contribution in [0.2, 0.25) is 0 Å². The Kier molecular flexibility index (Phi) is 7.17. The number of hydrogen-bond donors (Lipinski definition) is 1. The highest BCUT2D eigenvalue weighted by Crippen LogP contribution is 2.26. The van der Waals surface area contributed by atoms with Crippen molar-refractivity contribution in [2.45, 2.75) is 65.0 Å². The van der Waals surface area contributed by atoms with Crippen LogP contribution < -0.4 is 0 Å². The van der Waals surface area contributed by atoms with Crippen molar-refractivity contribution in [1.82, 2.24) is 4.90 Å². The van der Waals surface area contributed by atoms with E-state index in [1.54, 1.807) is 20.8 Å². The minimum atomic E-state index is -1.22. The summed E-state index contributed by atoms with van der Waals surface area (Å²) in [6.07, 6.45) is -1.22. The van der Waals surface area contributed by atoms with E-state index in [1.807, 2.05) is 43.3 Å². The Bertz CT molecular complexity index is 709. The summed E-state index contributed by atoms with van der Waals surface area (Å²) in [6, 6.07) is 19.8. The predicted octanol–water partition coefficient (Wildman–Crippen LogP) is 4.34. The molecule has 0 aliphatic carbocycles. The molecule has 0 saturated carbocycles. The van der Waals surface area contributed by atoms with Gasteiger partial charge in [0.1, 0.15) is 5.60 Å². The van der Waals surface area contributed by atoms with E-state index in [0.29, 0.717) is 6.54 Å². The molecule has 2 aromatic carbocycles. The highest BCUT2D eigenvalue weighted by molar-refractivity contribution is 5.75. The molecule has 4 nitrogen and oxygen atoms in total. The maximum absolute atomic E-state index is 12.4. The first kappa shape index (κ1) is 21.1. The third-order valence-corrected chi connectivity index (χ3v) is 4.62. The van der Waals surface area contributed by atoms with Crippen LogP contribution in [0.3, 0.4) is 0 Å². The number of rotatable bonds is 7. The Morgan fingerprint density at radius 3 is 2.04 bits per heavy atom. The number of benzene rings is 2. The molecule has 0 radical (unpaired) electrons. The molecule has 0 aliphatic heterocycles. The van der Waals surface area contributed by atoms with Crippen molar-refractivity contribution >= 4 is 5.97 Å². The molecule has 0 unspecified atom stereocenters. The molecule has 0 bridgehead atoms. The lowest BCUT2D eigenvalue weighted by Gasteiger charge is -2.37. The fourth-order valence-electron chi connectivity index (χ4n) is 3.09. The van der Waals surface area contributed by atoms with Crippen LogP contribution in [0.4, 0.5) is 0 Å². The predicted molar refractivity (Wildman–Crippen MR) is 108 cm³/mol. The molecule has 146 valence electrons. The van der Waals surface area contributed by atoms with Crippen molar-refractivity contribution in [2.75, 3.05) is 0 Å². The molecule has 2 aromatic rings. The number of carbonyl (C=O) groups excluding carboxylic acids is 1. The lowest BCUT2D eigenvalue weighted by atomic mass is 10.0. The molecule has 0 saturated heterocycles. The smallest absolute Gasteiger partial charge is 0.337 e. The van der Waals surface area contributed by atoms with Crippen molar-refractivity contribution in [3.63, 3.8) is 0 Å². The molecule has 0 aliphatic rings. The van der Waals surface area contributed by atoms with Gasteiger partial charge < -0.3 is 9.84 Å². The largest absolute Gasteiger partial charge is 0.458 e. The van der Waals surface area contributed by atoms with Gasteiger partial charge in [0.05, 0.1) is 0 Å². The van der Waals surface area contributed by atoms with E-state index < -0.39 is 23.7 Å². The average molecular weight is 370 g/mol. The maximum atomic E-state index is 12.4. The molecule has 2 rings (SSSR count). The van der Waals surface area contributed by atoms with Gasteiger partial charge in [-0.05, 0) is 45.7 Å². The molecule has 0 amide bonds. The monoisotopic (exact) mass is 369 g/mol. The molecule has 0 heterocycles. The van der Waals surface area contributed by atoms with Crippen LogP contribution in [-0.2, 0) is 16.1 Å². The van der Waals surface area contributed by atoms with E-state index in [1.165, 1.54) is 0 Å². The summed E-state index contributed by atoms with van der Waals surface area (Å²) < 4.78 is 5.39. The second-order valence-electron chi connectivity index (χ2n) is 7.96. The van der Waals surface area contributed by atoms with Gasteiger partial charge in [-0.25, -0.2) is 4.79 Å². The van der Waals surface area contributed by atoms with Gasteiger partial charge in [-0.2, -0.15) is 0 Å². The second-order valence-corrected chi connectivity index (χ2v) is 7.96. The second kappa shape index (κ2) is 9.16. The van der Waals surface area contributed by atoms with Gasteiger partial charge in [0.15, 0.2) is 6.10 Å². The van der Waals surface area contributed by atoms with E-state index in [2.05, 4.69) is 36.1 Å². The Morgan fingerprint density at radius 1 is 1.00 bits per heavy atom. The zero-order valence-corrected chi connectivity index (χ0v) is 16.9. The van der Waals surface area contributed by atoms with Crippen LogP contribution >= 0.6 is 0 Å². The lowest BCUT2D eigenvalue weighted by molar-refractivity contribution is -0.169. The van der Waals surface area contributed by atoms with Gasteiger partial charge in [0.2, 0.25) is 0 Å². The first-order chi connectivity index (χ1) is 12.7. The number of carbonyl (C=O) groups is 1. The molecular formula is C23H31NO3. The third-order valence-electron chi connectivity index (χ3n) is 4.62. The van der Waals surface area contributed by atoms with Gasteiger partial charge in [-0.15, -0.1) is 0 Å². The number of aliphatic hydroxyl groups is 1. The molecule has 0 aromatic heterocycles. The fraction of sp³-hybridized carbons (Fsp3) is 0.435. The van der Waals surface area contributed by atoms with E-state index in [9.17, 15) is 9.90 Å². The highest BCUT2D eigenvalue weighted by atomic mass is 16.6. The zero-order valence-electron chi connectivity index (χ0n) is 16.9. The molecule has 3 atom stereocenters. The molecule has 27 heavy (non-hydrogen) atoms. The van der Waals surface area contributed by atoms with Crippen molar-refractivity contribution in [1.29, 1.82) is 0 Å². The molecule has 1 N–H and O–H groups in total. The number of ether oxygens (including phenoxy) is 1. The highest BCUT2D eigenvalue weighted by Gasteiger charge is 2.33. The van der Waals surface area contributed by atoms with E-state index in [0.717, 1.165) is 11.1 Å². The van der Waals surface area contributed by atoms with Crippen LogP contribution in [0.25, 0.3) is 0 Å². The first-order valence-electron chi connectivity index (χ1n) is 9.44. The van der Waals surface area contributed by atoms with E-state index >= 15 is 0 Å². The summed E-state index contributed by atoms with van der Waals surface area (Å²) in [5, 5.41) is 10.7. The van der Waals surface area contributed by atoms with Gasteiger partial charge in [-0.3, -0.25) is 4.90 Å². The van der Waals surface area contributed by atoms with Crippen molar-refractivity contribution in [3.8, 4) is 0 Å². The van der Waals surface area contributed by atoms with Crippen molar-refractivity contribution in [3.05, 3.63) is 71.8 Å². The van der Waals surface area contributed by atoms with Gasteiger partial charge in [-0.1, -0.05) is 60.7 Å². The van der Waals surface area contributed by atoms with Crippen LogP contribution in [0.15, 0.2) is 60.7 Å². The minimum absolute atomic E-state index is 0.0264. The summed E-state index contributed by atoms with van der Waals surface area (Å²) in [5.74, 6) is -0.590. The van der Waals surface area contributed by atoms with Crippen molar-refractivity contribution in [2.24, 2.45) is 0 Å². The molecule has 0 fully saturated rings. The zero-order chi connectivity index (χ0) is 20.0. The van der Waals surface area contributed by atoms with E-state index in [-0.39, 0.29) is 6.04 Å². The van der Waals surface area contributed by atoms with Gasteiger partial charge in [0.25, 0.3) is 0 Å². The molecule has 4 heteroatoms. The summed E-state index contributed by atoms with van der Waals surface area (Å²) in [4.78, 5) is 14.6. The quantitative estimate of drug-likeness (QED) is 0.738. The number of nitrogens with zero attached hydrogens (tertiary/aromatic N) is 1. The summed E-state index contributed by atoms with van der Waals surface area (Å²) in [7, 11) is 0. The van der Waals surface area contributed by atoms with Crippen molar-refractivity contribution < 1.29 is 14.6 Å². The third kappa shape index (κ3) is 6.19. The first-order valence-corrected chi connectivity index (χ1v) is 9.44. The summed E-state index contributed by atoms with van der Waals surface area (Å²) in [5.41, 5.74) is 1.63. The lowest BCUT2D eigenvalue weighted by Crippen LogP contribution is -2.47. The maximum Gasteiger partial charge on any atom is 0.337 e. The standard InChI is InChI=1S/C23H31NO3/c1-17(20-14-10-7-11-15-20)24(16-19-12-8-6-9-13-19)18(2)21(25)22(26)27-23(3,4)5/h6-15,17-18,21,25H,16H2,1-5H3/t17-,18-,21-/m1/s1. The SMILES string of the molecule is C[C@H](c1ccccc1)N(Cc1ccccc1)[C@H](C)[C@@H](O)C(=O)OC(C)(C)C. The minimum Gasteiger partial charge on any atom is -0.458 e. The normalized spacial score (nSPS) is 15.2. The fourth-order valence-corrected chi connectivity index (χ4v) is 3.09. The Labute approximate surface area is 162 Å². The van der Waals surface area contributed by atoms with Crippen LogP contribution in [0, 0.1) is 0 Å². The Morgan fingerprint density at radius 2 is 1.52 bits per heavy atom. The Balaban J connectivity index is 2.26. The summed E-state index contributed by atoms with van der Waals surface area (Å²) in [6.45, 7) is 10.00. The van der Waals surface area contributed by atoms with Crippen LogP contribution in [-0.4, -0.2) is 33.7 Å². The summed E-state index contributed by atoms with van der Waals surface area (Å²) >= 11 is 0. The number of hydrogen-bond acceptors (Lipinski definition) is 4. The van der Waals surface area contributed by atoms with Gasteiger partial charge in [0, 0.05) is 18.6 Å². The average Bonchev–Trinajstić information content (AvgIpc) is 2.64.